The maximum atomic E-state index is 12.7. The van der Waals surface area contributed by atoms with Crippen LogP contribution in [0, 0.1) is 17.0 Å². The number of carbonyl (C=O) groups excluding carboxylic acids is 1. The second kappa shape index (κ2) is 7.93. The second-order valence-corrected chi connectivity index (χ2v) is 6.83. The van der Waals surface area contributed by atoms with Gasteiger partial charge in [0.15, 0.2) is 5.78 Å². The second-order valence-electron chi connectivity index (χ2n) is 6.05. The van der Waals surface area contributed by atoms with Crippen LogP contribution in [0.3, 0.4) is 0 Å². The number of aryl methyl sites for hydroxylation is 1. The normalized spacial score (nSPS) is 11.7. The lowest BCUT2D eigenvalue weighted by Gasteiger charge is -2.19. The van der Waals surface area contributed by atoms with Crippen molar-refractivity contribution >= 4 is 28.5 Å². The number of nitrogens with one attached hydrogen (secondary N) is 1. The molecule has 0 aliphatic rings. The van der Waals surface area contributed by atoms with E-state index >= 15 is 0 Å². The number of non-ortho nitro benzene ring substituents is 1. The summed E-state index contributed by atoms with van der Waals surface area (Å²) < 4.78 is 0. The van der Waals surface area contributed by atoms with Gasteiger partial charge in [0.25, 0.3) is 5.69 Å². The molecule has 3 aromatic rings. The van der Waals surface area contributed by atoms with E-state index in [0.29, 0.717) is 12.0 Å². The molecule has 0 saturated carbocycles. The topological polar surface area (TPSA) is 72.2 Å². The Hall–Kier alpha value is -2.99. The summed E-state index contributed by atoms with van der Waals surface area (Å²) in [4.78, 5) is 23.1. The Labute approximate surface area is 155 Å². The number of carbonyl (C=O) groups is 1. The molecule has 3 rings (SSSR count). The van der Waals surface area contributed by atoms with Crippen molar-refractivity contribution in [1.82, 2.24) is 0 Å². The number of thiophene rings is 1. The van der Waals surface area contributed by atoms with E-state index in [2.05, 4.69) is 5.32 Å². The molecule has 0 aliphatic heterocycles. The summed E-state index contributed by atoms with van der Waals surface area (Å²) in [6.07, 6.45) is 0.303. The molecule has 0 fully saturated rings. The van der Waals surface area contributed by atoms with Gasteiger partial charge in [-0.3, -0.25) is 14.9 Å². The Bertz CT molecular complexity index is 905. The van der Waals surface area contributed by atoms with Gasteiger partial charge in [-0.15, -0.1) is 0 Å². The van der Waals surface area contributed by atoms with Gasteiger partial charge in [-0.05, 0) is 47.5 Å². The number of rotatable bonds is 7. The zero-order valence-corrected chi connectivity index (χ0v) is 15.0. The summed E-state index contributed by atoms with van der Waals surface area (Å²) >= 11 is 1.57. The summed E-state index contributed by atoms with van der Waals surface area (Å²) in [5, 5.41) is 18.1. The third-order valence-electron chi connectivity index (χ3n) is 4.09. The molecule has 2 aromatic carbocycles. The highest BCUT2D eigenvalue weighted by atomic mass is 32.1. The fraction of sp³-hybridized carbons (Fsp3) is 0.150. The Balaban J connectivity index is 1.79. The lowest BCUT2D eigenvalue weighted by atomic mass is 9.98. The van der Waals surface area contributed by atoms with Gasteiger partial charge >= 0.3 is 0 Å². The van der Waals surface area contributed by atoms with Crippen LogP contribution in [-0.4, -0.2) is 10.7 Å². The maximum absolute atomic E-state index is 12.7. The first-order valence-corrected chi connectivity index (χ1v) is 9.10. The number of benzene rings is 2. The van der Waals surface area contributed by atoms with Crippen LogP contribution < -0.4 is 5.32 Å². The standard InChI is InChI=1S/C20H18N2O3S/c1-14-3-2-4-15(11-14)20(23)12-19(16-9-10-26-13-16)21-17-5-7-18(8-6-17)22(24)25/h2-11,13,19,21H,12H2,1H3. The highest BCUT2D eigenvalue weighted by Crippen LogP contribution is 2.27. The number of nitro benzene ring substituents is 1. The first kappa shape index (κ1) is 17.8. The molecular weight excluding hydrogens is 348 g/mol. The predicted octanol–water partition coefficient (Wildman–Crippen LogP) is 5.39. The van der Waals surface area contributed by atoms with E-state index in [1.54, 1.807) is 23.5 Å². The zero-order chi connectivity index (χ0) is 18.5. The molecule has 1 N–H and O–H groups in total. The van der Waals surface area contributed by atoms with E-state index in [9.17, 15) is 14.9 Å². The average Bonchev–Trinajstić information content (AvgIpc) is 3.16. The van der Waals surface area contributed by atoms with E-state index in [-0.39, 0.29) is 17.5 Å². The lowest BCUT2D eigenvalue weighted by molar-refractivity contribution is -0.384. The van der Waals surface area contributed by atoms with Crippen LogP contribution in [0.1, 0.15) is 33.9 Å². The Morgan fingerprint density at radius 1 is 1.19 bits per heavy atom. The third kappa shape index (κ3) is 4.34. The lowest BCUT2D eigenvalue weighted by Crippen LogP contribution is -2.15. The van der Waals surface area contributed by atoms with Crippen molar-refractivity contribution in [3.05, 3.63) is 92.2 Å². The molecule has 6 heteroatoms. The molecule has 0 amide bonds. The number of hydrogen-bond donors (Lipinski definition) is 1. The quantitative estimate of drug-likeness (QED) is 0.346. The van der Waals surface area contributed by atoms with Crippen molar-refractivity contribution in [2.45, 2.75) is 19.4 Å². The van der Waals surface area contributed by atoms with E-state index in [4.69, 9.17) is 0 Å². The van der Waals surface area contributed by atoms with E-state index in [0.717, 1.165) is 16.8 Å². The third-order valence-corrected chi connectivity index (χ3v) is 4.80. The number of Topliss-reactive ketones (excluding diaryl/α,β-unsaturated/α-hetero) is 1. The van der Waals surface area contributed by atoms with Crippen LogP contribution >= 0.6 is 11.3 Å². The van der Waals surface area contributed by atoms with Gasteiger partial charge in [-0.2, -0.15) is 11.3 Å². The molecule has 1 atom stereocenters. The number of hydrogen-bond acceptors (Lipinski definition) is 5. The molecule has 26 heavy (non-hydrogen) atoms. The Kier molecular flexibility index (Phi) is 5.43. The van der Waals surface area contributed by atoms with Gasteiger partial charge in [-0.25, -0.2) is 0 Å². The first-order chi connectivity index (χ1) is 12.5. The number of nitrogens with zero attached hydrogens (tertiary/aromatic N) is 1. The summed E-state index contributed by atoms with van der Waals surface area (Å²) in [6.45, 7) is 1.96. The smallest absolute Gasteiger partial charge is 0.269 e. The van der Waals surface area contributed by atoms with Gasteiger partial charge in [0.2, 0.25) is 0 Å². The molecule has 0 aliphatic carbocycles. The molecule has 0 saturated heterocycles. The number of nitro groups is 1. The highest BCUT2D eigenvalue weighted by Gasteiger charge is 2.18. The van der Waals surface area contributed by atoms with Crippen LogP contribution in [-0.2, 0) is 0 Å². The number of anilines is 1. The van der Waals surface area contributed by atoms with Crippen molar-refractivity contribution in [3.63, 3.8) is 0 Å². The first-order valence-electron chi connectivity index (χ1n) is 8.16. The molecule has 1 aromatic heterocycles. The van der Waals surface area contributed by atoms with E-state index < -0.39 is 4.92 Å². The fourth-order valence-corrected chi connectivity index (χ4v) is 3.44. The molecule has 0 radical (unpaired) electrons. The largest absolute Gasteiger partial charge is 0.378 e. The molecule has 0 spiro atoms. The van der Waals surface area contributed by atoms with Crippen LogP contribution in [0.4, 0.5) is 11.4 Å². The van der Waals surface area contributed by atoms with Crippen LogP contribution in [0.25, 0.3) is 0 Å². The van der Waals surface area contributed by atoms with Crippen molar-refractivity contribution < 1.29 is 9.72 Å². The molecule has 1 heterocycles. The van der Waals surface area contributed by atoms with Crippen LogP contribution in [0.2, 0.25) is 0 Å². The summed E-state index contributed by atoms with van der Waals surface area (Å²) in [5.74, 6) is 0.0549. The minimum Gasteiger partial charge on any atom is -0.378 e. The Morgan fingerprint density at radius 3 is 2.58 bits per heavy atom. The Morgan fingerprint density at radius 2 is 1.96 bits per heavy atom. The highest BCUT2D eigenvalue weighted by molar-refractivity contribution is 7.08. The van der Waals surface area contributed by atoms with E-state index in [1.807, 2.05) is 48.0 Å². The van der Waals surface area contributed by atoms with Crippen LogP contribution in [0.15, 0.2) is 65.4 Å². The molecule has 1 unspecified atom stereocenters. The van der Waals surface area contributed by atoms with Gasteiger partial charge in [0.05, 0.1) is 11.0 Å². The maximum Gasteiger partial charge on any atom is 0.269 e. The van der Waals surface area contributed by atoms with Crippen molar-refractivity contribution in [1.29, 1.82) is 0 Å². The monoisotopic (exact) mass is 366 g/mol. The molecular formula is C20H18N2O3S. The van der Waals surface area contributed by atoms with Gasteiger partial charge in [0, 0.05) is 29.8 Å². The predicted molar refractivity (Wildman–Crippen MR) is 104 cm³/mol. The molecule has 5 nitrogen and oxygen atoms in total. The average molecular weight is 366 g/mol. The van der Waals surface area contributed by atoms with Gasteiger partial charge < -0.3 is 5.32 Å². The van der Waals surface area contributed by atoms with Crippen molar-refractivity contribution in [2.75, 3.05) is 5.32 Å². The van der Waals surface area contributed by atoms with Crippen molar-refractivity contribution in [3.8, 4) is 0 Å². The summed E-state index contributed by atoms with van der Waals surface area (Å²) in [7, 11) is 0. The zero-order valence-electron chi connectivity index (χ0n) is 14.2. The van der Waals surface area contributed by atoms with Gasteiger partial charge in [0.1, 0.15) is 0 Å². The fourth-order valence-electron chi connectivity index (χ4n) is 2.73. The summed E-state index contributed by atoms with van der Waals surface area (Å²) in [5.41, 5.74) is 3.54. The minimum atomic E-state index is -0.429. The minimum absolute atomic E-state index is 0.0403. The molecule has 0 bridgehead atoms. The van der Waals surface area contributed by atoms with E-state index in [1.165, 1.54) is 12.1 Å². The van der Waals surface area contributed by atoms with Crippen LogP contribution in [0.5, 0.6) is 0 Å². The number of ketones is 1. The van der Waals surface area contributed by atoms with Crippen molar-refractivity contribution in [2.24, 2.45) is 0 Å². The van der Waals surface area contributed by atoms with Gasteiger partial charge in [-0.1, -0.05) is 23.8 Å². The molecule has 132 valence electrons. The summed E-state index contributed by atoms with van der Waals surface area (Å²) in [6, 6.07) is 15.6. The SMILES string of the molecule is Cc1cccc(C(=O)CC(Nc2ccc([N+](=O)[O-])cc2)c2ccsc2)c1.